The molecule has 36 heavy (non-hydrogen) atoms. The Bertz CT molecular complexity index is 1450. The van der Waals surface area contributed by atoms with Crippen molar-refractivity contribution in [2.45, 2.75) is 12.5 Å². The van der Waals surface area contributed by atoms with Gasteiger partial charge in [0.2, 0.25) is 0 Å². The Kier molecular flexibility index (Phi) is 6.36. The van der Waals surface area contributed by atoms with Gasteiger partial charge < -0.3 is 15.2 Å². The van der Waals surface area contributed by atoms with Gasteiger partial charge in [-0.15, -0.1) is 0 Å². The lowest BCUT2D eigenvalue weighted by Gasteiger charge is -2.22. The molecule has 1 atom stereocenters. The number of esters is 1. The van der Waals surface area contributed by atoms with Crippen molar-refractivity contribution in [3.8, 4) is 5.75 Å². The maximum Gasteiger partial charge on any atom is 0.340 e. The first-order valence-corrected chi connectivity index (χ1v) is 11.6. The van der Waals surface area contributed by atoms with Crippen LogP contribution in [0.4, 0.5) is 5.69 Å². The van der Waals surface area contributed by atoms with Crippen LogP contribution < -0.4 is 10.5 Å². The van der Waals surface area contributed by atoms with Crippen LogP contribution in [-0.2, 0) is 9.53 Å². The molecule has 1 aliphatic heterocycles. The molecule has 4 aromatic rings. The maximum atomic E-state index is 13.2. The number of methoxy groups -OCH3 is 1. The van der Waals surface area contributed by atoms with Crippen LogP contribution in [0.3, 0.4) is 0 Å². The third kappa shape index (κ3) is 4.63. The molecule has 1 amide bonds. The summed E-state index contributed by atoms with van der Waals surface area (Å²) in [5.41, 5.74) is 9.25. The monoisotopic (exact) mass is 479 g/mol. The lowest BCUT2D eigenvalue weighted by Crippen LogP contribution is -2.31. The highest BCUT2D eigenvalue weighted by Gasteiger charge is 2.33. The molecule has 0 aromatic heterocycles. The van der Waals surface area contributed by atoms with Crippen molar-refractivity contribution in [1.29, 1.82) is 0 Å². The quantitative estimate of drug-likeness (QED) is 0.311. The number of hydrogen-bond donors (Lipinski definition) is 1. The van der Waals surface area contributed by atoms with Crippen LogP contribution in [0.5, 0.6) is 5.75 Å². The number of rotatable bonds is 6. The standard InChI is InChI=1S/C29H25N3O4/c1-35-23-13-11-20(12-14-23)27-17-26(19-7-3-2-4-8-19)31-32(27)28(33)18-36-29(34)24-15-21-9-5-6-10-22(21)16-25(24)30/h2-16,27H,17-18,30H2,1H3. The van der Waals surface area contributed by atoms with Gasteiger partial charge in [0.25, 0.3) is 5.91 Å². The smallest absolute Gasteiger partial charge is 0.340 e. The molecule has 1 aliphatic rings. The van der Waals surface area contributed by atoms with Crippen molar-refractivity contribution in [2.75, 3.05) is 19.5 Å². The van der Waals surface area contributed by atoms with Crippen LogP contribution in [0.15, 0.2) is 96.1 Å². The minimum Gasteiger partial charge on any atom is -0.497 e. The van der Waals surface area contributed by atoms with E-state index in [9.17, 15) is 9.59 Å². The molecule has 0 fully saturated rings. The molecule has 4 aromatic carbocycles. The third-order valence-corrected chi connectivity index (χ3v) is 6.24. The average Bonchev–Trinajstić information content (AvgIpc) is 3.37. The summed E-state index contributed by atoms with van der Waals surface area (Å²) in [6, 6.07) is 27.9. The number of benzene rings is 4. The first kappa shape index (κ1) is 23.1. The predicted molar refractivity (Wildman–Crippen MR) is 139 cm³/mol. The Morgan fingerprint density at radius 1 is 0.944 bits per heavy atom. The van der Waals surface area contributed by atoms with E-state index < -0.39 is 18.5 Å². The van der Waals surface area contributed by atoms with Crippen LogP contribution in [0.2, 0.25) is 0 Å². The molecule has 0 spiro atoms. The molecule has 7 nitrogen and oxygen atoms in total. The van der Waals surface area contributed by atoms with E-state index in [-0.39, 0.29) is 11.6 Å². The number of hydrogen-bond acceptors (Lipinski definition) is 6. The Balaban J connectivity index is 1.36. The van der Waals surface area contributed by atoms with E-state index in [0.717, 1.165) is 33.4 Å². The number of nitrogens with zero attached hydrogens (tertiary/aromatic N) is 2. The van der Waals surface area contributed by atoms with Gasteiger partial charge in [-0.25, -0.2) is 9.80 Å². The van der Waals surface area contributed by atoms with Crippen molar-refractivity contribution in [2.24, 2.45) is 5.10 Å². The lowest BCUT2D eigenvalue weighted by molar-refractivity contribution is -0.136. The number of ether oxygens (including phenoxy) is 2. The van der Waals surface area contributed by atoms with Gasteiger partial charge in [0.1, 0.15) is 5.75 Å². The minimum absolute atomic E-state index is 0.225. The Morgan fingerprint density at radius 2 is 1.61 bits per heavy atom. The molecular weight excluding hydrogens is 454 g/mol. The molecule has 180 valence electrons. The summed E-state index contributed by atoms with van der Waals surface area (Å²) in [7, 11) is 1.60. The number of carbonyl (C=O) groups excluding carboxylic acids is 2. The van der Waals surface area contributed by atoms with Gasteiger partial charge in [-0.05, 0) is 46.2 Å². The van der Waals surface area contributed by atoms with Crippen LogP contribution >= 0.6 is 0 Å². The van der Waals surface area contributed by atoms with Gasteiger partial charge in [-0.2, -0.15) is 5.10 Å². The second-order valence-electron chi connectivity index (χ2n) is 8.51. The van der Waals surface area contributed by atoms with Crippen LogP contribution in [0.25, 0.3) is 10.8 Å². The summed E-state index contributed by atoms with van der Waals surface area (Å²) in [6.07, 6.45) is 0.535. The summed E-state index contributed by atoms with van der Waals surface area (Å²) in [5.74, 6) is -0.353. The van der Waals surface area contributed by atoms with Crippen molar-refractivity contribution >= 4 is 34.0 Å². The number of anilines is 1. The van der Waals surface area contributed by atoms with Gasteiger partial charge in [-0.3, -0.25) is 4.79 Å². The summed E-state index contributed by atoms with van der Waals surface area (Å²) in [6.45, 7) is -0.455. The summed E-state index contributed by atoms with van der Waals surface area (Å²) < 4.78 is 10.7. The predicted octanol–water partition coefficient (Wildman–Crippen LogP) is 4.97. The van der Waals surface area contributed by atoms with E-state index in [1.54, 1.807) is 19.2 Å². The fraction of sp³-hybridized carbons (Fsp3) is 0.138. The zero-order valence-corrected chi connectivity index (χ0v) is 19.8. The van der Waals surface area contributed by atoms with Crippen molar-refractivity contribution in [3.05, 3.63) is 108 Å². The summed E-state index contributed by atoms with van der Waals surface area (Å²) in [4.78, 5) is 26.1. The van der Waals surface area contributed by atoms with Crippen LogP contribution in [0.1, 0.15) is 33.9 Å². The molecule has 1 heterocycles. The van der Waals surface area contributed by atoms with Gasteiger partial charge in [-0.1, -0.05) is 66.7 Å². The second kappa shape index (κ2) is 9.92. The topological polar surface area (TPSA) is 94.2 Å². The molecule has 0 radical (unpaired) electrons. The first-order valence-electron chi connectivity index (χ1n) is 11.6. The Hall–Kier alpha value is -4.65. The van der Waals surface area contributed by atoms with E-state index in [4.69, 9.17) is 15.2 Å². The number of amides is 1. The lowest BCUT2D eigenvalue weighted by atomic mass is 9.98. The highest BCUT2D eigenvalue weighted by Crippen LogP contribution is 2.33. The average molecular weight is 480 g/mol. The summed E-state index contributed by atoms with van der Waals surface area (Å²) in [5, 5.41) is 7.81. The normalized spacial score (nSPS) is 15.0. The molecule has 0 saturated heterocycles. The van der Waals surface area contributed by atoms with E-state index in [1.165, 1.54) is 5.01 Å². The van der Waals surface area contributed by atoms with Gasteiger partial charge in [0, 0.05) is 12.1 Å². The van der Waals surface area contributed by atoms with Crippen molar-refractivity contribution < 1.29 is 19.1 Å². The molecule has 5 rings (SSSR count). The second-order valence-corrected chi connectivity index (χ2v) is 8.51. The first-order chi connectivity index (χ1) is 17.5. The highest BCUT2D eigenvalue weighted by molar-refractivity contribution is 6.04. The highest BCUT2D eigenvalue weighted by atomic mass is 16.5. The van der Waals surface area contributed by atoms with Crippen LogP contribution in [-0.4, -0.2) is 36.3 Å². The number of nitrogen functional groups attached to an aromatic ring is 1. The van der Waals surface area contributed by atoms with Crippen molar-refractivity contribution in [1.82, 2.24) is 5.01 Å². The van der Waals surface area contributed by atoms with Crippen molar-refractivity contribution in [3.63, 3.8) is 0 Å². The van der Waals surface area contributed by atoms with Gasteiger partial charge in [0.15, 0.2) is 6.61 Å². The van der Waals surface area contributed by atoms with Crippen LogP contribution in [0, 0.1) is 0 Å². The Morgan fingerprint density at radius 3 is 2.31 bits per heavy atom. The molecule has 2 N–H and O–H groups in total. The molecule has 7 heteroatoms. The Labute approximate surface area is 208 Å². The van der Waals surface area contributed by atoms with E-state index in [1.807, 2.05) is 78.9 Å². The number of carbonyl (C=O) groups is 2. The van der Waals surface area contributed by atoms with E-state index in [2.05, 4.69) is 5.10 Å². The van der Waals surface area contributed by atoms with E-state index in [0.29, 0.717) is 12.1 Å². The number of hydrazone groups is 1. The molecule has 0 aliphatic carbocycles. The zero-order chi connectivity index (χ0) is 25.1. The number of fused-ring (bicyclic) bond motifs is 1. The zero-order valence-electron chi connectivity index (χ0n) is 19.8. The fourth-order valence-electron chi connectivity index (χ4n) is 4.34. The minimum atomic E-state index is -0.654. The SMILES string of the molecule is COc1ccc(C2CC(c3ccccc3)=NN2C(=O)COC(=O)c2cc3ccccc3cc2N)cc1. The molecule has 0 bridgehead atoms. The number of nitrogens with two attached hydrogens (primary N) is 1. The molecule has 0 saturated carbocycles. The fourth-order valence-corrected chi connectivity index (χ4v) is 4.34. The molecule has 1 unspecified atom stereocenters. The van der Waals surface area contributed by atoms with Gasteiger partial charge >= 0.3 is 5.97 Å². The summed E-state index contributed by atoms with van der Waals surface area (Å²) >= 11 is 0. The molecular formula is C29H25N3O4. The largest absolute Gasteiger partial charge is 0.497 e. The third-order valence-electron chi connectivity index (χ3n) is 6.24. The van der Waals surface area contributed by atoms with Gasteiger partial charge in [0.05, 0.1) is 24.4 Å². The maximum absolute atomic E-state index is 13.2. The van der Waals surface area contributed by atoms with E-state index >= 15 is 0 Å².